The van der Waals surface area contributed by atoms with Crippen molar-refractivity contribution >= 4 is 34.9 Å². The molecule has 0 spiro atoms. The third-order valence-electron chi connectivity index (χ3n) is 4.21. The molecular weight excluding hydrogens is 392 g/mol. The van der Waals surface area contributed by atoms with Gasteiger partial charge in [-0.3, -0.25) is 14.4 Å². The van der Waals surface area contributed by atoms with Crippen molar-refractivity contribution in [2.24, 2.45) is 0 Å². The molecular formula is C22H21ClN2O4. The number of benzene rings is 2. The molecule has 0 aromatic heterocycles. The van der Waals surface area contributed by atoms with E-state index in [2.05, 4.69) is 0 Å². The molecule has 2 rings (SSSR count). The van der Waals surface area contributed by atoms with Crippen molar-refractivity contribution in [3.63, 3.8) is 0 Å². The number of carbonyl (C=O) groups is 3. The van der Waals surface area contributed by atoms with Crippen LogP contribution < -0.4 is 4.90 Å². The Hall–Kier alpha value is -3.17. The van der Waals surface area contributed by atoms with Crippen LogP contribution in [0.25, 0.3) is 0 Å². The molecule has 2 aromatic carbocycles. The third kappa shape index (κ3) is 6.74. The minimum atomic E-state index is -0.629. The van der Waals surface area contributed by atoms with Crippen LogP contribution in [0.4, 0.5) is 5.69 Å². The first kappa shape index (κ1) is 22.1. The summed E-state index contributed by atoms with van der Waals surface area (Å²) >= 11 is 6.02. The first-order valence-electron chi connectivity index (χ1n) is 9.09. The highest BCUT2D eigenvalue weighted by Crippen LogP contribution is 2.23. The summed E-state index contributed by atoms with van der Waals surface area (Å²) in [5, 5.41) is 9.42. The Labute approximate surface area is 174 Å². The lowest BCUT2D eigenvalue weighted by atomic mass is 10.1. The van der Waals surface area contributed by atoms with Crippen LogP contribution in [-0.2, 0) is 14.3 Å². The van der Waals surface area contributed by atoms with E-state index in [-0.39, 0.29) is 31.6 Å². The SMILES string of the molecule is Cc1cc(N(CCC#N)C(=O)COC(=O)CCC(=O)c2ccccc2)ccc1Cl. The molecule has 0 aliphatic heterocycles. The van der Waals surface area contributed by atoms with E-state index >= 15 is 0 Å². The molecule has 0 heterocycles. The summed E-state index contributed by atoms with van der Waals surface area (Å²) in [5.41, 5.74) is 1.88. The molecule has 7 heteroatoms. The lowest BCUT2D eigenvalue weighted by Crippen LogP contribution is -2.35. The molecule has 2 aromatic rings. The molecule has 0 unspecified atom stereocenters. The van der Waals surface area contributed by atoms with Gasteiger partial charge >= 0.3 is 5.97 Å². The molecule has 1 amide bonds. The van der Waals surface area contributed by atoms with Gasteiger partial charge in [0.1, 0.15) is 0 Å². The minimum absolute atomic E-state index is 0.00552. The third-order valence-corrected chi connectivity index (χ3v) is 4.63. The number of ether oxygens (including phenoxy) is 1. The zero-order chi connectivity index (χ0) is 21.2. The highest BCUT2D eigenvalue weighted by Gasteiger charge is 2.19. The van der Waals surface area contributed by atoms with Crippen LogP contribution >= 0.6 is 11.6 Å². The molecule has 0 saturated heterocycles. The largest absolute Gasteiger partial charge is 0.456 e. The molecule has 29 heavy (non-hydrogen) atoms. The van der Waals surface area contributed by atoms with E-state index in [0.29, 0.717) is 16.3 Å². The Morgan fingerprint density at radius 2 is 1.83 bits per heavy atom. The summed E-state index contributed by atoms with van der Waals surface area (Å²) in [6.07, 6.45) is 0.0256. The number of esters is 1. The number of amides is 1. The second-order valence-corrected chi connectivity index (χ2v) is 6.74. The number of rotatable bonds is 9. The van der Waals surface area contributed by atoms with Crippen LogP contribution in [0, 0.1) is 18.3 Å². The summed E-state index contributed by atoms with van der Waals surface area (Å²) < 4.78 is 5.04. The van der Waals surface area contributed by atoms with Crippen molar-refractivity contribution in [2.75, 3.05) is 18.1 Å². The van der Waals surface area contributed by atoms with E-state index in [9.17, 15) is 14.4 Å². The first-order chi connectivity index (χ1) is 13.9. The Kier molecular flexibility index (Phi) is 8.38. The van der Waals surface area contributed by atoms with Gasteiger partial charge in [0.05, 0.1) is 18.9 Å². The Balaban J connectivity index is 1.91. The number of ketones is 1. The van der Waals surface area contributed by atoms with Crippen molar-refractivity contribution in [1.82, 2.24) is 0 Å². The highest BCUT2D eigenvalue weighted by atomic mass is 35.5. The Morgan fingerprint density at radius 1 is 1.10 bits per heavy atom. The number of hydrogen-bond acceptors (Lipinski definition) is 5. The average Bonchev–Trinajstić information content (AvgIpc) is 2.73. The summed E-state index contributed by atoms with van der Waals surface area (Å²) in [5.74, 6) is -1.25. The molecule has 0 saturated carbocycles. The number of hydrogen-bond donors (Lipinski definition) is 0. The van der Waals surface area contributed by atoms with Crippen LogP contribution in [0.1, 0.15) is 35.2 Å². The maximum absolute atomic E-state index is 12.5. The molecule has 0 radical (unpaired) electrons. The molecule has 0 aliphatic carbocycles. The Morgan fingerprint density at radius 3 is 2.48 bits per heavy atom. The minimum Gasteiger partial charge on any atom is -0.456 e. The van der Waals surface area contributed by atoms with E-state index in [1.54, 1.807) is 48.5 Å². The van der Waals surface area contributed by atoms with E-state index in [0.717, 1.165) is 5.56 Å². The number of carbonyl (C=O) groups excluding carboxylic acids is 3. The zero-order valence-corrected chi connectivity index (χ0v) is 16.8. The lowest BCUT2D eigenvalue weighted by molar-refractivity contribution is -0.147. The molecule has 150 valence electrons. The van der Waals surface area contributed by atoms with Crippen LogP contribution in [0.15, 0.2) is 48.5 Å². The maximum atomic E-state index is 12.5. The second kappa shape index (κ2) is 11.0. The monoisotopic (exact) mass is 412 g/mol. The smallest absolute Gasteiger partial charge is 0.306 e. The number of halogens is 1. The number of aryl methyl sites for hydroxylation is 1. The Bertz CT molecular complexity index is 922. The number of anilines is 1. The fourth-order valence-electron chi connectivity index (χ4n) is 2.63. The maximum Gasteiger partial charge on any atom is 0.306 e. The summed E-state index contributed by atoms with van der Waals surface area (Å²) in [4.78, 5) is 37.9. The summed E-state index contributed by atoms with van der Waals surface area (Å²) in [6.45, 7) is 1.51. The van der Waals surface area contributed by atoms with Crippen LogP contribution in [0.2, 0.25) is 5.02 Å². The van der Waals surface area contributed by atoms with Gasteiger partial charge in [-0.15, -0.1) is 0 Å². The summed E-state index contributed by atoms with van der Waals surface area (Å²) in [7, 11) is 0. The van der Waals surface area contributed by atoms with Gasteiger partial charge in [-0.1, -0.05) is 41.9 Å². The molecule has 0 atom stereocenters. The van der Waals surface area contributed by atoms with Crippen molar-refractivity contribution in [3.05, 3.63) is 64.7 Å². The predicted molar refractivity (Wildman–Crippen MR) is 110 cm³/mol. The van der Waals surface area contributed by atoms with Crippen molar-refractivity contribution < 1.29 is 19.1 Å². The standard InChI is InChI=1S/C22H21ClN2O4/c1-16-14-18(8-9-19(16)23)25(13-5-12-24)21(27)15-29-22(28)11-10-20(26)17-6-3-2-4-7-17/h2-4,6-9,14H,5,10-11,13,15H2,1H3. The van der Waals surface area contributed by atoms with Crippen LogP contribution in [0.3, 0.4) is 0 Å². The van der Waals surface area contributed by atoms with Gasteiger partial charge in [-0.05, 0) is 30.7 Å². The van der Waals surface area contributed by atoms with Crippen molar-refractivity contribution in [3.8, 4) is 6.07 Å². The normalized spacial score (nSPS) is 10.1. The van der Waals surface area contributed by atoms with Crippen LogP contribution in [0.5, 0.6) is 0 Å². The van der Waals surface area contributed by atoms with Crippen molar-refractivity contribution in [2.45, 2.75) is 26.2 Å². The molecule has 0 fully saturated rings. The number of nitrogens with zero attached hydrogens (tertiary/aromatic N) is 2. The van der Waals surface area contributed by atoms with E-state index < -0.39 is 18.5 Å². The highest BCUT2D eigenvalue weighted by molar-refractivity contribution is 6.31. The molecule has 0 aliphatic rings. The van der Waals surface area contributed by atoms with E-state index in [4.69, 9.17) is 21.6 Å². The van der Waals surface area contributed by atoms with Gasteiger partial charge in [-0.2, -0.15) is 5.26 Å². The topological polar surface area (TPSA) is 87.5 Å². The average molecular weight is 413 g/mol. The van der Waals surface area contributed by atoms with Gasteiger partial charge in [0.15, 0.2) is 12.4 Å². The zero-order valence-electron chi connectivity index (χ0n) is 16.1. The van der Waals surface area contributed by atoms with E-state index in [1.807, 2.05) is 13.0 Å². The van der Waals surface area contributed by atoms with Crippen molar-refractivity contribution in [1.29, 1.82) is 5.26 Å². The molecule has 0 N–H and O–H groups in total. The fourth-order valence-corrected chi connectivity index (χ4v) is 2.75. The lowest BCUT2D eigenvalue weighted by Gasteiger charge is -2.22. The van der Waals surface area contributed by atoms with Gasteiger partial charge in [0, 0.05) is 29.2 Å². The number of nitriles is 1. The van der Waals surface area contributed by atoms with Gasteiger partial charge in [0.25, 0.3) is 5.91 Å². The second-order valence-electron chi connectivity index (χ2n) is 6.34. The van der Waals surface area contributed by atoms with Gasteiger partial charge < -0.3 is 9.64 Å². The van der Waals surface area contributed by atoms with Gasteiger partial charge in [0.2, 0.25) is 0 Å². The van der Waals surface area contributed by atoms with E-state index in [1.165, 1.54) is 4.90 Å². The number of Topliss-reactive ketones (excluding diaryl/α,β-unsaturated/α-hetero) is 1. The molecule has 0 bridgehead atoms. The fraction of sp³-hybridized carbons (Fsp3) is 0.273. The van der Waals surface area contributed by atoms with Crippen LogP contribution in [-0.4, -0.2) is 30.8 Å². The van der Waals surface area contributed by atoms with Gasteiger partial charge in [-0.25, -0.2) is 0 Å². The first-order valence-corrected chi connectivity index (χ1v) is 9.47. The quantitative estimate of drug-likeness (QED) is 0.457. The summed E-state index contributed by atoms with van der Waals surface area (Å²) in [6, 6.07) is 15.7. The predicted octanol–water partition coefficient (Wildman–Crippen LogP) is 4.10. The molecule has 6 nitrogen and oxygen atoms in total.